The molecule has 1 aromatic carbocycles. The highest BCUT2D eigenvalue weighted by Crippen LogP contribution is 2.16. The van der Waals surface area contributed by atoms with Crippen molar-refractivity contribution in [1.82, 2.24) is 10.3 Å². The van der Waals surface area contributed by atoms with Crippen molar-refractivity contribution in [2.75, 3.05) is 0 Å². The Bertz CT molecular complexity index is 722. The summed E-state index contributed by atoms with van der Waals surface area (Å²) < 4.78 is 0. The molecule has 2 rings (SSSR count). The van der Waals surface area contributed by atoms with Crippen molar-refractivity contribution in [2.45, 2.75) is 31.3 Å². The van der Waals surface area contributed by atoms with Gasteiger partial charge >= 0.3 is 11.9 Å². The van der Waals surface area contributed by atoms with Crippen LogP contribution in [0.25, 0.3) is 10.9 Å². The van der Waals surface area contributed by atoms with Gasteiger partial charge in [0.15, 0.2) is 0 Å². The fourth-order valence-corrected chi connectivity index (χ4v) is 2.34. The predicted molar refractivity (Wildman–Crippen MR) is 86.4 cm³/mol. The number of aliphatic carboxylic acids is 2. The molecule has 0 aliphatic heterocycles. The van der Waals surface area contributed by atoms with Crippen LogP contribution in [0.1, 0.15) is 18.5 Å². The van der Waals surface area contributed by atoms with Crippen LogP contribution >= 0.6 is 0 Å². The van der Waals surface area contributed by atoms with Gasteiger partial charge < -0.3 is 26.2 Å². The number of carboxylic acid groups (broad SMARTS) is 2. The van der Waals surface area contributed by atoms with Gasteiger partial charge in [0.2, 0.25) is 5.91 Å². The molecule has 24 heavy (non-hydrogen) atoms. The molecule has 0 spiro atoms. The highest BCUT2D eigenvalue weighted by molar-refractivity contribution is 5.85. The van der Waals surface area contributed by atoms with E-state index in [9.17, 15) is 19.5 Å². The number of carbonyl (C=O) groups excluding carboxylic acids is 1. The highest BCUT2D eigenvalue weighted by Gasteiger charge is 2.22. The molecule has 0 aliphatic carbocycles. The first-order chi connectivity index (χ1) is 11.4. The lowest BCUT2D eigenvalue weighted by molar-refractivity contribution is -0.142. The van der Waals surface area contributed by atoms with Crippen LogP contribution < -0.4 is 11.1 Å². The number of rotatable bonds is 8. The standard InChI is InChI=1S/C16H19N3O5/c17-11(15(21)22)5-6-14(20)19-13(16(23)24)8-10-7-9-3-1-2-4-12(9)18-10/h1-4,7,11,13,18H,5-6,8,17H2,(H,19,20)(H,21,22)(H,23,24)/t11-,13-/m1/s1. The number of benzene rings is 1. The van der Waals surface area contributed by atoms with E-state index in [0.29, 0.717) is 5.69 Å². The van der Waals surface area contributed by atoms with Crippen LogP contribution in [0.2, 0.25) is 0 Å². The number of H-pyrrole nitrogens is 1. The number of hydrogen-bond acceptors (Lipinski definition) is 4. The summed E-state index contributed by atoms with van der Waals surface area (Å²) in [5, 5.41) is 21.3. The number of amides is 1. The largest absolute Gasteiger partial charge is 0.480 e. The van der Waals surface area contributed by atoms with Crippen molar-refractivity contribution >= 4 is 28.7 Å². The quantitative estimate of drug-likeness (QED) is 0.475. The van der Waals surface area contributed by atoms with Crippen LogP contribution in [-0.4, -0.2) is 45.1 Å². The van der Waals surface area contributed by atoms with Gasteiger partial charge in [0.1, 0.15) is 12.1 Å². The topological polar surface area (TPSA) is 146 Å². The lowest BCUT2D eigenvalue weighted by Crippen LogP contribution is -2.43. The average Bonchev–Trinajstić information content (AvgIpc) is 2.94. The van der Waals surface area contributed by atoms with E-state index in [0.717, 1.165) is 10.9 Å². The molecular weight excluding hydrogens is 314 g/mol. The van der Waals surface area contributed by atoms with Gasteiger partial charge in [-0.1, -0.05) is 18.2 Å². The Labute approximate surface area is 137 Å². The molecule has 1 amide bonds. The highest BCUT2D eigenvalue weighted by atomic mass is 16.4. The van der Waals surface area contributed by atoms with E-state index in [4.69, 9.17) is 10.8 Å². The Balaban J connectivity index is 1.97. The minimum Gasteiger partial charge on any atom is -0.480 e. The summed E-state index contributed by atoms with van der Waals surface area (Å²) in [6.07, 6.45) is -0.107. The molecule has 0 unspecified atom stereocenters. The van der Waals surface area contributed by atoms with E-state index in [1.165, 1.54) is 0 Å². The Kier molecular flexibility index (Phi) is 5.54. The van der Waals surface area contributed by atoms with Gasteiger partial charge in [0.05, 0.1) is 0 Å². The van der Waals surface area contributed by atoms with E-state index in [-0.39, 0.29) is 19.3 Å². The summed E-state index contributed by atoms with van der Waals surface area (Å²) >= 11 is 0. The van der Waals surface area contributed by atoms with E-state index in [2.05, 4.69) is 10.3 Å². The molecule has 8 heteroatoms. The van der Waals surface area contributed by atoms with Crippen molar-refractivity contribution in [2.24, 2.45) is 5.73 Å². The zero-order valence-electron chi connectivity index (χ0n) is 12.9. The number of carboxylic acids is 2. The van der Waals surface area contributed by atoms with Crippen molar-refractivity contribution in [1.29, 1.82) is 0 Å². The molecule has 2 aromatic rings. The molecule has 128 valence electrons. The number of nitrogens with two attached hydrogens (primary N) is 1. The van der Waals surface area contributed by atoms with Crippen LogP contribution in [-0.2, 0) is 20.8 Å². The Hall–Kier alpha value is -2.87. The first-order valence-corrected chi connectivity index (χ1v) is 7.44. The lowest BCUT2D eigenvalue weighted by Gasteiger charge is -2.14. The molecule has 1 heterocycles. The van der Waals surface area contributed by atoms with E-state index in [1.807, 2.05) is 30.3 Å². The fraction of sp³-hybridized carbons (Fsp3) is 0.312. The maximum Gasteiger partial charge on any atom is 0.326 e. The summed E-state index contributed by atoms with van der Waals surface area (Å²) in [7, 11) is 0. The molecule has 0 bridgehead atoms. The molecule has 2 atom stereocenters. The molecule has 0 saturated carbocycles. The SMILES string of the molecule is N[C@H](CCC(=O)N[C@H](Cc1cc2ccccc2[nH]1)C(=O)O)C(=O)O. The van der Waals surface area contributed by atoms with Crippen LogP contribution in [0.4, 0.5) is 0 Å². The maximum absolute atomic E-state index is 11.8. The zero-order valence-corrected chi connectivity index (χ0v) is 12.9. The van der Waals surface area contributed by atoms with Gasteiger partial charge in [-0.25, -0.2) is 4.79 Å². The number of hydrogen-bond donors (Lipinski definition) is 5. The molecule has 0 aliphatic rings. The van der Waals surface area contributed by atoms with Gasteiger partial charge in [-0.05, 0) is 23.9 Å². The van der Waals surface area contributed by atoms with Gasteiger partial charge in [0.25, 0.3) is 0 Å². The van der Waals surface area contributed by atoms with Crippen LogP contribution in [0, 0.1) is 0 Å². The number of aromatic nitrogens is 1. The third-order valence-corrected chi connectivity index (χ3v) is 3.64. The third-order valence-electron chi connectivity index (χ3n) is 3.64. The Morgan fingerprint density at radius 2 is 1.88 bits per heavy atom. The van der Waals surface area contributed by atoms with Gasteiger partial charge in [0, 0.05) is 24.1 Å². The van der Waals surface area contributed by atoms with Gasteiger partial charge in [-0.3, -0.25) is 9.59 Å². The average molecular weight is 333 g/mol. The van der Waals surface area contributed by atoms with Crippen LogP contribution in [0.5, 0.6) is 0 Å². The lowest BCUT2D eigenvalue weighted by atomic mass is 10.1. The maximum atomic E-state index is 11.8. The summed E-state index contributed by atoms with van der Waals surface area (Å²) in [4.78, 5) is 36.9. The first-order valence-electron chi connectivity index (χ1n) is 7.44. The first kappa shape index (κ1) is 17.5. The number of nitrogens with one attached hydrogen (secondary N) is 2. The Morgan fingerprint density at radius 1 is 1.17 bits per heavy atom. The van der Waals surface area contributed by atoms with Crippen molar-refractivity contribution in [3.63, 3.8) is 0 Å². The Morgan fingerprint density at radius 3 is 2.50 bits per heavy atom. The van der Waals surface area contributed by atoms with Gasteiger partial charge in [-0.2, -0.15) is 0 Å². The van der Waals surface area contributed by atoms with Crippen molar-refractivity contribution in [3.05, 3.63) is 36.0 Å². The van der Waals surface area contributed by atoms with E-state index < -0.39 is 29.9 Å². The second kappa shape index (κ2) is 7.60. The predicted octanol–water partition coefficient (Wildman–Crippen LogP) is 0.472. The molecule has 8 nitrogen and oxygen atoms in total. The number of aromatic amines is 1. The second-order valence-corrected chi connectivity index (χ2v) is 5.53. The van der Waals surface area contributed by atoms with Gasteiger partial charge in [-0.15, -0.1) is 0 Å². The fourth-order valence-electron chi connectivity index (χ4n) is 2.34. The number of para-hydroxylation sites is 1. The number of fused-ring (bicyclic) bond motifs is 1. The second-order valence-electron chi connectivity index (χ2n) is 5.53. The molecule has 0 fully saturated rings. The molecular formula is C16H19N3O5. The molecule has 0 radical (unpaired) electrons. The summed E-state index contributed by atoms with van der Waals surface area (Å²) in [5.41, 5.74) is 6.89. The number of carbonyl (C=O) groups is 3. The van der Waals surface area contributed by atoms with Crippen LogP contribution in [0.3, 0.4) is 0 Å². The monoisotopic (exact) mass is 333 g/mol. The summed E-state index contributed by atoms with van der Waals surface area (Å²) in [5.74, 6) is -2.91. The summed E-state index contributed by atoms with van der Waals surface area (Å²) in [6.45, 7) is 0. The minimum atomic E-state index is -1.20. The minimum absolute atomic E-state index is 0.0557. The smallest absolute Gasteiger partial charge is 0.326 e. The molecule has 1 aromatic heterocycles. The zero-order chi connectivity index (χ0) is 17.7. The summed E-state index contributed by atoms with van der Waals surface area (Å²) in [6, 6.07) is 7.10. The third kappa shape index (κ3) is 4.56. The van der Waals surface area contributed by atoms with E-state index in [1.54, 1.807) is 0 Å². The van der Waals surface area contributed by atoms with Crippen molar-refractivity contribution in [3.8, 4) is 0 Å². The van der Waals surface area contributed by atoms with Crippen LogP contribution in [0.15, 0.2) is 30.3 Å². The van der Waals surface area contributed by atoms with Crippen molar-refractivity contribution < 1.29 is 24.6 Å². The molecule has 0 saturated heterocycles. The normalized spacial score (nSPS) is 13.4. The molecule has 6 N–H and O–H groups in total. The van der Waals surface area contributed by atoms with E-state index >= 15 is 0 Å².